The molecule has 0 aliphatic rings. The highest BCUT2D eigenvalue weighted by Crippen LogP contribution is 2.19. The summed E-state index contributed by atoms with van der Waals surface area (Å²) in [5.74, 6) is -0.711. The van der Waals surface area contributed by atoms with Crippen molar-refractivity contribution >= 4 is 5.97 Å². The van der Waals surface area contributed by atoms with Crippen molar-refractivity contribution in [2.45, 2.75) is 53.5 Å². The van der Waals surface area contributed by atoms with Crippen LogP contribution in [0, 0.1) is 5.41 Å². The summed E-state index contributed by atoms with van der Waals surface area (Å²) >= 11 is 0. The number of hydrogen-bond donors (Lipinski definition) is 1. The summed E-state index contributed by atoms with van der Waals surface area (Å²) < 4.78 is 0. The molecule has 0 fully saturated rings. The largest absolute Gasteiger partial charge is 0.481 e. The van der Waals surface area contributed by atoms with Crippen LogP contribution in [0.1, 0.15) is 47.5 Å². The molecule has 0 spiro atoms. The minimum absolute atomic E-state index is 0.134. The van der Waals surface area contributed by atoms with Crippen molar-refractivity contribution in [3.8, 4) is 0 Å². The normalized spacial score (nSPS) is 14.3. The van der Waals surface area contributed by atoms with E-state index in [0.717, 1.165) is 19.5 Å². The Morgan fingerprint density at radius 1 is 1.40 bits per heavy atom. The monoisotopic (exact) mass is 215 g/mol. The van der Waals surface area contributed by atoms with E-state index in [1.54, 1.807) is 0 Å². The number of hydrogen-bond acceptors (Lipinski definition) is 2. The molecule has 1 atom stereocenters. The molecule has 15 heavy (non-hydrogen) atoms. The van der Waals surface area contributed by atoms with Crippen LogP contribution in [0.4, 0.5) is 0 Å². The van der Waals surface area contributed by atoms with Crippen LogP contribution in [0.5, 0.6) is 0 Å². The van der Waals surface area contributed by atoms with Crippen molar-refractivity contribution in [1.82, 2.24) is 4.90 Å². The van der Waals surface area contributed by atoms with E-state index >= 15 is 0 Å². The van der Waals surface area contributed by atoms with E-state index in [4.69, 9.17) is 5.11 Å². The van der Waals surface area contributed by atoms with Gasteiger partial charge in [0.2, 0.25) is 0 Å². The van der Waals surface area contributed by atoms with Gasteiger partial charge in [0.15, 0.2) is 0 Å². The minimum atomic E-state index is -0.711. The highest BCUT2D eigenvalue weighted by atomic mass is 16.4. The van der Waals surface area contributed by atoms with E-state index in [-0.39, 0.29) is 12.5 Å². The van der Waals surface area contributed by atoms with E-state index < -0.39 is 5.97 Å². The molecular weight excluding hydrogens is 190 g/mol. The topological polar surface area (TPSA) is 40.5 Å². The molecule has 1 N–H and O–H groups in total. The van der Waals surface area contributed by atoms with Gasteiger partial charge < -0.3 is 10.0 Å². The van der Waals surface area contributed by atoms with E-state index in [2.05, 4.69) is 32.6 Å². The Morgan fingerprint density at radius 3 is 2.27 bits per heavy atom. The quantitative estimate of drug-likeness (QED) is 0.740. The van der Waals surface area contributed by atoms with Crippen molar-refractivity contribution in [2.75, 3.05) is 13.1 Å². The summed E-state index contributed by atoms with van der Waals surface area (Å²) in [5, 5.41) is 8.73. The second-order valence-electron chi connectivity index (χ2n) is 5.39. The van der Waals surface area contributed by atoms with E-state index in [0.29, 0.717) is 5.41 Å². The third-order valence-electron chi connectivity index (χ3n) is 2.65. The van der Waals surface area contributed by atoms with E-state index in [1.807, 2.05) is 6.92 Å². The van der Waals surface area contributed by atoms with Crippen LogP contribution in [0.3, 0.4) is 0 Å². The lowest BCUT2D eigenvalue weighted by molar-refractivity contribution is -0.138. The SMILES string of the molecule is CCN(CCC(C)(C)C)C(C)CC(=O)O. The number of rotatable bonds is 6. The number of aliphatic carboxylic acids is 1. The molecule has 0 amide bonds. The Morgan fingerprint density at radius 2 is 1.93 bits per heavy atom. The molecule has 0 rings (SSSR count). The summed E-state index contributed by atoms with van der Waals surface area (Å²) in [6.45, 7) is 12.6. The molecule has 3 nitrogen and oxygen atoms in total. The smallest absolute Gasteiger partial charge is 0.304 e. The van der Waals surface area contributed by atoms with Crippen molar-refractivity contribution < 1.29 is 9.90 Å². The molecule has 0 saturated heterocycles. The van der Waals surface area contributed by atoms with Gasteiger partial charge in [-0.3, -0.25) is 4.79 Å². The maximum absolute atomic E-state index is 10.6. The highest BCUT2D eigenvalue weighted by molar-refractivity contribution is 5.67. The van der Waals surface area contributed by atoms with Crippen molar-refractivity contribution in [3.05, 3.63) is 0 Å². The Labute approximate surface area is 93.5 Å². The van der Waals surface area contributed by atoms with Crippen LogP contribution in [-0.4, -0.2) is 35.1 Å². The summed E-state index contributed by atoms with van der Waals surface area (Å²) in [7, 11) is 0. The van der Waals surface area contributed by atoms with Gasteiger partial charge in [-0.25, -0.2) is 0 Å². The standard InChI is InChI=1S/C12H25NO2/c1-6-13(8-7-12(3,4)5)10(2)9-11(14)15/h10H,6-9H2,1-5H3,(H,14,15). The third-order valence-corrected chi connectivity index (χ3v) is 2.65. The van der Waals surface area contributed by atoms with Gasteiger partial charge in [0.25, 0.3) is 0 Å². The number of carboxylic acids is 1. The van der Waals surface area contributed by atoms with Gasteiger partial charge in [-0.1, -0.05) is 27.7 Å². The van der Waals surface area contributed by atoms with Gasteiger partial charge in [0.05, 0.1) is 6.42 Å². The highest BCUT2D eigenvalue weighted by Gasteiger charge is 2.18. The zero-order valence-corrected chi connectivity index (χ0v) is 10.7. The Balaban J connectivity index is 4.07. The molecule has 0 heterocycles. The number of nitrogens with zero attached hydrogens (tertiary/aromatic N) is 1. The summed E-state index contributed by atoms with van der Waals surface area (Å²) in [4.78, 5) is 12.8. The van der Waals surface area contributed by atoms with Gasteiger partial charge in [-0.2, -0.15) is 0 Å². The fourth-order valence-corrected chi connectivity index (χ4v) is 1.55. The van der Waals surface area contributed by atoms with Gasteiger partial charge in [0, 0.05) is 6.04 Å². The minimum Gasteiger partial charge on any atom is -0.481 e. The van der Waals surface area contributed by atoms with E-state index in [9.17, 15) is 4.79 Å². The molecule has 0 aliphatic carbocycles. The fraction of sp³-hybridized carbons (Fsp3) is 0.917. The molecule has 0 saturated carbocycles. The summed E-state index contributed by atoms with van der Waals surface area (Å²) in [5.41, 5.74) is 0.316. The lowest BCUT2D eigenvalue weighted by atomic mass is 9.92. The first-order valence-electron chi connectivity index (χ1n) is 5.72. The van der Waals surface area contributed by atoms with Gasteiger partial charge in [-0.05, 0) is 31.8 Å². The van der Waals surface area contributed by atoms with Crippen molar-refractivity contribution in [2.24, 2.45) is 5.41 Å². The first kappa shape index (κ1) is 14.4. The molecule has 0 bridgehead atoms. The van der Waals surface area contributed by atoms with Crippen LogP contribution in [0.15, 0.2) is 0 Å². The summed E-state index contributed by atoms with van der Waals surface area (Å²) in [6, 6.07) is 0.134. The lowest BCUT2D eigenvalue weighted by Gasteiger charge is -2.30. The molecule has 0 aliphatic heterocycles. The van der Waals surface area contributed by atoms with Crippen LogP contribution in [0.25, 0.3) is 0 Å². The molecule has 90 valence electrons. The predicted octanol–water partition coefficient (Wildman–Crippen LogP) is 2.61. The fourth-order valence-electron chi connectivity index (χ4n) is 1.55. The van der Waals surface area contributed by atoms with Crippen molar-refractivity contribution in [3.63, 3.8) is 0 Å². The Hall–Kier alpha value is -0.570. The third kappa shape index (κ3) is 7.37. The number of carbonyl (C=O) groups is 1. The molecule has 0 aromatic carbocycles. The van der Waals surface area contributed by atoms with E-state index in [1.165, 1.54) is 0 Å². The van der Waals surface area contributed by atoms with Gasteiger partial charge in [-0.15, -0.1) is 0 Å². The lowest BCUT2D eigenvalue weighted by Crippen LogP contribution is -2.36. The number of carboxylic acid groups (broad SMARTS) is 1. The Bertz CT molecular complexity index is 196. The van der Waals surface area contributed by atoms with Gasteiger partial charge in [0.1, 0.15) is 0 Å². The predicted molar refractivity (Wildman–Crippen MR) is 63.0 cm³/mol. The zero-order valence-electron chi connectivity index (χ0n) is 10.7. The average Bonchev–Trinajstić information content (AvgIpc) is 2.01. The molecule has 1 unspecified atom stereocenters. The second-order valence-corrected chi connectivity index (χ2v) is 5.39. The summed E-state index contributed by atoms with van der Waals surface area (Å²) in [6.07, 6.45) is 1.34. The second kappa shape index (κ2) is 6.11. The van der Waals surface area contributed by atoms with Crippen LogP contribution in [-0.2, 0) is 4.79 Å². The molecule has 3 heteroatoms. The average molecular weight is 215 g/mol. The van der Waals surface area contributed by atoms with Gasteiger partial charge >= 0.3 is 5.97 Å². The molecule has 0 aromatic heterocycles. The first-order valence-corrected chi connectivity index (χ1v) is 5.72. The zero-order chi connectivity index (χ0) is 12.1. The van der Waals surface area contributed by atoms with Crippen LogP contribution < -0.4 is 0 Å². The molecular formula is C12H25NO2. The molecule has 0 radical (unpaired) electrons. The first-order chi connectivity index (χ1) is 6.76. The Kier molecular flexibility index (Phi) is 5.88. The maximum Gasteiger partial charge on any atom is 0.304 e. The van der Waals surface area contributed by atoms with Crippen LogP contribution in [0.2, 0.25) is 0 Å². The van der Waals surface area contributed by atoms with Crippen molar-refractivity contribution in [1.29, 1.82) is 0 Å². The van der Waals surface area contributed by atoms with Crippen LogP contribution >= 0.6 is 0 Å². The maximum atomic E-state index is 10.6. The molecule has 0 aromatic rings.